The maximum absolute atomic E-state index is 13.8. The van der Waals surface area contributed by atoms with Crippen LogP contribution in [0.5, 0.6) is 0 Å². The van der Waals surface area contributed by atoms with Gasteiger partial charge in [0.25, 0.3) is 0 Å². The van der Waals surface area contributed by atoms with Gasteiger partial charge < -0.3 is 14.4 Å². The van der Waals surface area contributed by atoms with E-state index in [0.717, 1.165) is 16.3 Å². The van der Waals surface area contributed by atoms with Crippen molar-refractivity contribution in [1.29, 1.82) is 0 Å². The molecule has 1 aliphatic heterocycles. The first-order chi connectivity index (χ1) is 17.3. The summed E-state index contributed by atoms with van der Waals surface area (Å²) in [6, 6.07) is 6.74. The van der Waals surface area contributed by atoms with Crippen LogP contribution in [0.4, 0.5) is 26.3 Å². The first-order valence-electron chi connectivity index (χ1n) is 10.9. The molecule has 37 heavy (non-hydrogen) atoms. The molecule has 8 nitrogen and oxygen atoms in total. The molecule has 0 amide bonds. The molecule has 1 saturated heterocycles. The van der Waals surface area contributed by atoms with Crippen molar-refractivity contribution in [3.8, 4) is 5.69 Å². The van der Waals surface area contributed by atoms with Crippen LogP contribution in [0.1, 0.15) is 28.6 Å². The predicted molar refractivity (Wildman–Crippen MR) is 116 cm³/mol. The molecule has 1 N–H and O–H groups in total. The smallest absolute Gasteiger partial charge is 0.379 e. The molecule has 0 aliphatic carbocycles. The minimum atomic E-state index is -5.22. The highest BCUT2D eigenvalue weighted by Gasteiger charge is 2.43. The van der Waals surface area contributed by atoms with Gasteiger partial charge in [-0.25, -0.2) is 4.79 Å². The molecule has 3 aromatic heterocycles. The van der Waals surface area contributed by atoms with E-state index < -0.39 is 46.2 Å². The third-order valence-corrected chi connectivity index (χ3v) is 6.51. The standard InChI is InChI=1S/C23H19F6N5O3/c1-32-12-30-31-18(32)7-21(10-37-11-21)14-3-2-4-15(6-14)33-9-17-16(22(24,25)26)5-13(8-34(17)20(33)36)19(35)23(27,28)29/h2-6,8-9,12,19,35H,7,10-11H2,1H3. The van der Waals surface area contributed by atoms with E-state index >= 15 is 0 Å². The van der Waals surface area contributed by atoms with E-state index in [1.807, 2.05) is 0 Å². The molecule has 0 bridgehead atoms. The Morgan fingerprint density at radius 2 is 1.86 bits per heavy atom. The topological polar surface area (TPSA) is 86.6 Å². The number of hydrogen-bond acceptors (Lipinski definition) is 5. The van der Waals surface area contributed by atoms with Gasteiger partial charge in [-0.15, -0.1) is 10.2 Å². The number of fused-ring (bicyclic) bond motifs is 1. The number of aromatic nitrogens is 5. The van der Waals surface area contributed by atoms with E-state index in [9.17, 15) is 36.2 Å². The fourth-order valence-corrected chi connectivity index (χ4v) is 4.44. The van der Waals surface area contributed by atoms with Crippen LogP contribution in [0.2, 0.25) is 0 Å². The lowest BCUT2D eigenvalue weighted by molar-refractivity contribution is -0.207. The molecule has 5 rings (SSSR count). The molecule has 1 atom stereocenters. The Labute approximate surface area is 204 Å². The number of benzene rings is 1. The summed E-state index contributed by atoms with van der Waals surface area (Å²) in [6.07, 6.45) is -10.0. The molecule has 1 fully saturated rings. The molecule has 0 saturated carbocycles. The Morgan fingerprint density at radius 1 is 1.14 bits per heavy atom. The van der Waals surface area contributed by atoms with Crippen molar-refractivity contribution in [1.82, 2.24) is 23.7 Å². The van der Waals surface area contributed by atoms with Gasteiger partial charge in [-0.3, -0.25) is 8.97 Å². The van der Waals surface area contributed by atoms with Gasteiger partial charge in [-0.2, -0.15) is 26.3 Å². The maximum Gasteiger partial charge on any atom is 0.418 e. The van der Waals surface area contributed by atoms with E-state index in [0.29, 0.717) is 36.1 Å². The van der Waals surface area contributed by atoms with E-state index in [4.69, 9.17) is 4.74 Å². The van der Waals surface area contributed by atoms with E-state index in [1.165, 1.54) is 6.07 Å². The van der Waals surface area contributed by atoms with E-state index in [2.05, 4.69) is 10.2 Å². The van der Waals surface area contributed by atoms with Crippen LogP contribution < -0.4 is 5.69 Å². The average molecular weight is 527 g/mol. The summed E-state index contributed by atoms with van der Waals surface area (Å²) in [4.78, 5) is 13.1. The number of halogens is 6. The summed E-state index contributed by atoms with van der Waals surface area (Å²) in [5.74, 6) is 0.686. The SMILES string of the molecule is Cn1cnnc1CC1(c2cccc(-n3cc4c(C(F)(F)F)cc(C(O)C(F)(F)F)cn4c3=O)c2)COC1. The van der Waals surface area contributed by atoms with Crippen LogP contribution in [0, 0.1) is 0 Å². The molecular weight excluding hydrogens is 508 g/mol. The van der Waals surface area contributed by atoms with Gasteiger partial charge in [0.15, 0.2) is 6.10 Å². The molecule has 1 unspecified atom stereocenters. The van der Waals surface area contributed by atoms with Crippen LogP contribution in [-0.4, -0.2) is 48.2 Å². The highest BCUT2D eigenvalue weighted by molar-refractivity contribution is 5.58. The molecule has 14 heteroatoms. The molecule has 1 aliphatic rings. The van der Waals surface area contributed by atoms with Crippen LogP contribution in [0.15, 0.2) is 53.8 Å². The quantitative estimate of drug-likeness (QED) is 0.403. The van der Waals surface area contributed by atoms with E-state index in [-0.39, 0.29) is 11.8 Å². The van der Waals surface area contributed by atoms with Crippen molar-refractivity contribution in [3.63, 3.8) is 0 Å². The van der Waals surface area contributed by atoms with Gasteiger partial charge in [0.1, 0.15) is 12.2 Å². The second-order valence-corrected chi connectivity index (χ2v) is 9.02. The lowest BCUT2D eigenvalue weighted by atomic mass is 9.75. The summed E-state index contributed by atoms with van der Waals surface area (Å²) in [7, 11) is 1.79. The first-order valence-corrected chi connectivity index (χ1v) is 10.9. The van der Waals surface area contributed by atoms with Crippen LogP contribution >= 0.6 is 0 Å². The van der Waals surface area contributed by atoms with Crippen molar-refractivity contribution < 1.29 is 36.2 Å². The largest absolute Gasteiger partial charge is 0.418 e. The van der Waals surface area contributed by atoms with Crippen LogP contribution in [0.25, 0.3) is 11.2 Å². The van der Waals surface area contributed by atoms with Crippen molar-refractivity contribution in [3.05, 3.63) is 82.1 Å². The lowest BCUT2D eigenvalue weighted by Crippen LogP contribution is -2.49. The molecule has 0 spiro atoms. The van der Waals surface area contributed by atoms with Crippen molar-refractivity contribution in [2.45, 2.75) is 30.3 Å². The molecular formula is C23H19F6N5O3. The second-order valence-electron chi connectivity index (χ2n) is 9.02. The number of hydrogen-bond donors (Lipinski definition) is 1. The summed E-state index contributed by atoms with van der Waals surface area (Å²) in [6.45, 7) is 0.680. The molecule has 0 radical (unpaired) electrons. The highest BCUT2D eigenvalue weighted by atomic mass is 19.4. The van der Waals surface area contributed by atoms with Gasteiger partial charge in [0.2, 0.25) is 0 Å². The molecule has 196 valence electrons. The molecule has 4 aromatic rings. The average Bonchev–Trinajstić information content (AvgIpc) is 3.36. The zero-order chi connectivity index (χ0) is 26.8. The van der Waals surface area contributed by atoms with Gasteiger partial charge in [0.05, 0.1) is 30.0 Å². The summed E-state index contributed by atoms with van der Waals surface area (Å²) < 4.78 is 89.0. The number of imidazole rings is 1. The third kappa shape index (κ3) is 4.29. The Balaban J connectivity index is 1.63. The summed E-state index contributed by atoms with van der Waals surface area (Å²) >= 11 is 0. The number of alkyl halides is 6. The Bertz CT molecular complexity index is 1530. The Kier molecular flexibility index (Phi) is 5.71. The van der Waals surface area contributed by atoms with Gasteiger partial charge in [-0.05, 0) is 23.8 Å². The Morgan fingerprint density at radius 3 is 2.43 bits per heavy atom. The van der Waals surface area contributed by atoms with Crippen molar-refractivity contribution in [2.75, 3.05) is 13.2 Å². The van der Waals surface area contributed by atoms with E-state index in [1.54, 1.807) is 36.1 Å². The number of ether oxygens (including phenoxy) is 1. The lowest BCUT2D eigenvalue weighted by Gasteiger charge is -2.41. The number of nitrogens with zero attached hydrogens (tertiary/aromatic N) is 5. The first kappa shape index (κ1) is 25.0. The minimum Gasteiger partial charge on any atom is -0.379 e. The maximum atomic E-state index is 13.8. The van der Waals surface area contributed by atoms with Crippen molar-refractivity contribution >= 4 is 5.52 Å². The van der Waals surface area contributed by atoms with Gasteiger partial charge >= 0.3 is 18.0 Å². The molecule has 4 heterocycles. The zero-order valence-corrected chi connectivity index (χ0v) is 19.1. The van der Waals surface area contributed by atoms with Crippen LogP contribution in [0.3, 0.4) is 0 Å². The highest BCUT2D eigenvalue weighted by Crippen LogP contribution is 2.39. The normalized spacial score (nSPS) is 16.6. The molecule has 1 aromatic carbocycles. The fourth-order valence-electron chi connectivity index (χ4n) is 4.44. The van der Waals surface area contributed by atoms with Gasteiger partial charge in [0, 0.05) is 36.8 Å². The second kappa shape index (κ2) is 8.45. The Hall–Kier alpha value is -3.65. The zero-order valence-electron chi connectivity index (χ0n) is 19.1. The number of aliphatic hydroxyl groups is 1. The number of aryl methyl sites for hydroxylation is 1. The van der Waals surface area contributed by atoms with Gasteiger partial charge in [-0.1, -0.05) is 12.1 Å². The van der Waals surface area contributed by atoms with Crippen molar-refractivity contribution in [2.24, 2.45) is 7.05 Å². The predicted octanol–water partition coefficient (Wildman–Crippen LogP) is 3.34. The number of aliphatic hydroxyl groups excluding tert-OH is 1. The summed E-state index contributed by atoms with van der Waals surface area (Å²) in [5.41, 5.74) is -3.82. The fraction of sp³-hybridized carbons (Fsp3) is 0.348. The number of pyridine rings is 1. The minimum absolute atomic E-state index is 0.204. The number of rotatable bonds is 5. The third-order valence-electron chi connectivity index (χ3n) is 6.51. The summed E-state index contributed by atoms with van der Waals surface area (Å²) in [5, 5.41) is 17.5. The van der Waals surface area contributed by atoms with Crippen LogP contribution in [-0.2, 0) is 29.8 Å². The monoisotopic (exact) mass is 527 g/mol.